The number of nitrogens with two attached hydrogens (primary N) is 1. The van der Waals surface area contributed by atoms with Crippen LogP contribution < -0.4 is 5.73 Å². The molecule has 2 N–H and O–H groups in total. The number of rotatable bonds is 5. The highest BCUT2D eigenvalue weighted by atomic mass is 32.2. The van der Waals surface area contributed by atoms with Crippen LogP contribution in [-0.2, 0) is 10.2 Å². The molecule has 0 aromatic rings. The largest absolute Gasteiger partial charge is 0.328 e. The lowest BCUT2D eigenvalue weighted by Crippen LogP contribution is -2.41. The summed E-state index contributed by atoms with van der Waals surface area (Å²) in [5.74, 6) is 0.993. The molecule has 1 unspecified atom stereocenters. The molecule has 0 aromatic heterocycles. The van der Waals surface area contributed by atoms with Gasteiger partial charge < -0.3 is 5.73 Å². The van der Waals surface area contributed by atoms with E-state index >= 15 is 0 Å². The summed E-state index contributed by atoms with van der Waals surface area (Å²) in [4.78, 5) is 0. The summed E-state index contributed by atoms with van der Waals surface area (Å²) in [6, 6.07) is 0.265. The fourth-order valence-electron chi connectivity index (χ4n) is 3.31. The maximum Gasteiger partial charge on any atom is 0.281 e. The van der Waals surface area contributed by atoms with Crippen molar-refractivity contribution in [3.05, 3.63) is 0 Å². The minimum Gasteiger partial charge on any atom is -0.328 e. The minimum absolute atomic E-state index is 0.265. The topological polar surface area (TPSA) is 66.6 Å². The Balaban J connectivity index is 1.99. The van der Waals surface area contributed by atoms with Crippen molar-refractivity contribution in [2.75, 3.05) is 26.7 Å². The molecule has 19 heavy (non-hydrogen) atoms. The van der Waals surface area contributed by atoms with Gasteiger partial charge in [0.1, 0.15) is 0 Å². The van der Waals surface area contributed by atoms with Crippen molar-refractivity contribution in [1.82, 2.24) is 8.61 Å². The molecule has 1 saturated heterocycles. The Morgan fingerprint density at radius 2 is 1.95 bits per heavy atom. The van der Waals surface area contributed by atoms with E-state index in [2.05, 4.69) is 6.92 Å². The van der Waals surface area contributed by atoms with E-state index in [1.54, 1.807) is 11.4 Å². The summed E-state index contributed by atoms with van der Waals surface area (Å²) in [5, 5.41) is 0. The van der Waals surface area contributed by atoms with Gasteiger partial charge in [-0.2, -0.15) is 17.0 Å². The standard InChI is InChI=1S/C13H27N3O2S/c1-3-4-7-15(2)19(17,18)16-9-11-5-6-13(14)8-12(11)10-16/h11-13H,3-10,14H2,1-2H3/t11-,12+,13?/m1/s1. The van der Waals surface area contributed by atoms with Gasteiger partial charge in [0.25, 0.3) is 10.2 Å². The molecule has 1 aliphatic heterocycles. The van der Waals surface area contributed by atoms with E-state index in [1.807, 2.05) is 0 Å². The Bertz CT molecular complexity index is 399. The first-order valence-electron chi connectivity index (χ1n) is 7.42. The SMILES string of the molecule is CCCCN(C)S(=O)(=O)N1C[C@H]2CCC(N)C[C@H]2C1. The molecule has 2 fully saturated rings. The summed E-state index contributed by atoms with van der Waals surface area (Å²) in [7, 11) is -1.57. The first-order chi connectivity index (χ1) is 8.95. The zero-order chi connectivity index (χ0) is 14.0. The van der Waals surface area contributed by atoms with Crippen LogP contribution in [0.5, 0.6) is 0 Å². The molecule has 0 radical (unpaired) electrons. The average molecular weight is 289 g/mol. The fourth-order valence-corrected chi connectivity index (χ4v) is 4.82. The van der Waals surface area contributed by atoms with Gasteiger partial charge in [0, 0.05) is 32.7 Å². The van der Waals surface area contributed by atoms with Crippen molar-refractivity contribution in [2.45, 2.75) is 45.1 Å². The van der Waals surface area contributed by atoms with Crippen LogP contribution in [0.4, 0.5) is 0 Å². The Kier molecular flexibility index (Phi) is 4.87. The molecule has 0 amide bonds. The molecule has 1 heterocycles. The monoisotopic (exact) mass is 289 g/mol. The van der Waals surface area contributed by atoms with Gasteiger partial charge in [-0.3, -0.25) is 0 Å². The molecule has 1 saturated carbocycles. The Morgan fingerprint density at radius 3 is 2.63 bits per heavy atom. The van der Waals surface area contributed by atoms with Gasteiger partial charge in [-0.15, -0.1) is 0 Å². The number of fused-ring (bicyclic) bond motifs is 1. The van der Waals surface area contributed by atoms with E-state index in [9.17, 15) is 8.42 Å². The Morgan fingerprint density at radius 1 is 1.26 bits per heavy atom. The maximum absolute atomic E-state index is 12.5. The van der Waals surface area contributed by atoms with Crippen molar-refractivity contribution in [2.24, 2.45) is 17.6 Å². The molecule has 0 spiro atoms. The van der Waals surface area contributed by atoms with Gasteiger partial charge in [0.05, 0.1) is 0 Å². The summed E-state index contributed by atoms with van der Waals surface area (Å²) in [5.41, 5.74) is 5.99. The summed E-state index contributed by atoms with van der Waals surface area (Å²) in [6.07, 6.45) is 5.04. The summed E-state index contributed by atoms with van der Waals surface area (Å²) >= 11 is 0. The van der Waals surface area contributed by atoms with E-state index in [1.165, 1.54) is 4.31 Å². The van der Waals surface area contributed by atoms with E-state index in [-0.39, 0.29) is 6.04 Å². The van der Waals surface area contributed by atoms with Crippen molar-refractivity contribution in [1.29, 1.82) is 0 Å². The smallest absolute Gasteiger partial charge is 0.281 e. The molecular weight excluding hydrogens is 262 g/mol. The van der Waals surface area contributed by atoms with E-state index < -0.39 is 10.2 Å². The van der Waals surface area contributed by atoms with Gasteiger partial charge in [-0.05, 0) is 37.5 Å². The van der Waals surface area contributed by atoms with Crippen molar-refractivity contribution in [3.8, 4) is 0 Å². The predicted molar refractivity (Wildman–Crippen MR) is 76.8 cm³/mol. The van der Waals surface area contributed by atoms with Crippen LogP contribution >= 0.6 is 0 Å². The van der Waals surface area contributed by atoms with Gasteiger partial charge in [0.15, 0.2) is 0 Å². The van der Waals surface area contributed by atoms with Crippen molar-refractivity contribution >= 4 is 10.2 Å². The molecule has 6 heteroatoms. The molecule has 0 bridgehead atoms. The third-order valence-electron chi connectivity index (χ3n) is 4.60. The van der Waals surface area contributed by atoms with Crippen LogP contribution in [0.3, 0.4) is 0 Å². The third-order valence-corrected chi connectivity index (χ3v) is 6.52. The zero-order valence-electron chi connectivity index (χ0n) is 12.1. The van der Waals surface area contributed by atoms with Gasteiger partial charge >= 0.3 is 0 Å². The van der Waals surface area contributed by atoms with Gasteiger partial charge in [0.2, 0.25) is 0 Å². The molecule has 2 aliphatic rings. The van der Waals surface area contributed by atoms with E-state index in [0.717, 1.165) is 32.1 Å². The summed E-state index contributed by atoms with van der Waals surface area (Å²) < 4.78 is 28.2. The molecule has 3 atom stereocenters. The normalized spacial score (nSPS) is 32.7. The predicted octanol–water partition coefficient (Wildman–Crippen LogP) is 1.02. The lowest BCUT2D eigenvalue weighted by atomic mass is 9.79. The number of hydrogen-bond acceptors (Lipinski definition) is 3. The van der Waals surface area contributed by atoms with Gasteiger partial charge in [-0.25, -0.2) is 0 Å². The Labute approximate surface area is 117 Å². The van der Waals surface area contributed by atoms with Crippen LogP contribution in [0.15, 0.2) is 0 Å². The van der Waals surface area contributed by atoms with Crippen LogP contribution in [0.2, 0.25) is 0 Å². The highest BCUT2D eigenvalue weighted by Crippen LogP contribution is 2.37. The molecule has 2 rings (SSSR count). The van der Waals surface area contributed by atoms with E-state index in [4.69, 9.17) is 5.73 Å². The highest BCUT2D eigenvalue weighted by molar-refractivity contribution is 7.86. The highest BCUT2D eigenvalue weighted by Gasteiger charge is 2.42. The first-order valence-corrected chi connectivity index (χ1v) is 8.81. The fraction of sp³-hybridized carbons (Fsp3) is 1.00. The first kappa shape index (κ1) is 15.2. The lowest BCUT2D eigenvalue weighted by molar-refractivity contribution is 0.271. The second-order valence-electron chi connectivity index (χ2n) is 6.09. The maximum atomic E-state index is 12.5. The lowest BCUT2D eigenvalue weighted by Gasteiger charge is -2.28. The zero-order valence-corrected chi connectivity index (χ0v) is 12.9. The van der Waals surface area contributed by atoms with Crippen molar-refractivity contribution < 1.29 is 8.42 Å². The van der Waals surface area contributed by atoms with Gasteiger partial charge in [-0.1, -0.05) is 13.3 Å². The molecule has 112 valence electrons. The quantitative estimate of drug-likeness (QED) is 0.822. The average Bonchev–Trinajstić information content (AvgIpc) is 2.79. The second kappa shape index (κ2) is 6.08. The molecule has 0 aromatic carbocycles. The molecule has 1 aliphatic carbocycles. The Hall–Kier alpha value is -0.170. The number of hydrogen-bond donors (Lipinski definition) is 1. The third kappa shape index (κ3) is 3.29. The second-order valence-corrected chi connectivity index (χ2v) is 8.13. The minimum atomic E-state index is -3.26. The van der Waals surface area contributed by atoms with Crippen molar-refractivity contribution in [3.63, 3.8) is 0 Å². The van der Waals surface area contributed by atoms with Crippen LogP contribution in [0.25, 0.3) is 0 Å². The number of nitrogens with zero attached hydrogens (tertiary/aromatic N) is 2. The van der Waals surface area contributed by atoms with Crippen LogP contribution in [0, 0.1) is 11.8 Å². The van der Waals surface area contributed by atoms with Crippen LogP contribution in [-0.4, -0.2) is 49.8 Å². The number of unbranched alkanes of at least 4 members (excludes halogenated alkanes) is 1. The molecule has 5 nitrogen and oxygen atoms in total. The van der Waals surface area contributed by atoms with E-state index in [0.29, 0.717) is 31.5 Å². The van der Waals surface area contributed by atoms with Crippen LogP contribution in [0.1, 0.15) is 39.0 Å². The molecular formula is C13H27N3O2S. The summed E-state index contributed by atoms with van der Waals surface area (Å²) in [6.45, 7) is 4.05.